The fraction of sp³-hybridized carbons (Fsp3) is 0.294. The zero-order valence-electron chi connectivity index (χ0n) is 12.7. The Hall–Kier alpha value is -2.36. The number of aryl methyl sites for hydroxylation is 2. The topological polar surface area (TPSA) is 59.4 Å². The molecular formula is C17H19NO3. The van der Waals surface area contributed by atoms with Crippen LogP contribution in [0.3, 0.4) is 0 Å². The summed E-state index contributed by atoms with van der Waals surface area (Å²) in [6.45, 7) is 7.69. The second kappa shape index (κ2) is 5.95. The predicted molar refractivity (Wildman–Crippen MR) is 81.3 cm³/mol. The molecule has 0 radical (unpaired) electrons. The van der Waals surface area contributed by atoms with Crippen molar-refractivity contribution in [3.8, 4) is 11.5 Å². The molecule has 4 heteroatoms. The SMILES string of the molecule is Cc1cc(Oc2cccc(C(C)C)c2)c(C(=O)O)c(C)n1. The number of nitrogens with zero attached hydrogens (tertiary/aromatic N) is 1. The summed E-state index contributed by atoms with van der Waals surface area (Å²) in [5.41, 5.74) is 2.44. The van der Waals surface area contributed by atoms with E-state index in [0.717, 1.165) is 11.3 Å². The van der Waals surface area contributed by atoms with Crippen molar-refractivity contribution in [3.63, 3.8) is 0 Å². The van der Waals surface area contributed by atoms with Gasteiger partial charge in [-0.05, 0) is 37.5 Å². The van der Waals surface area contributed by atoms with Gasteiger partial charge in [-0.2, -0.15) is 0 Å². The van der Waals surface area contributed by atoms with Crippen LogP contribution in [-0.2, 0) is 0 Å². The Balaban J connectivity index is 2.44. The maximum atomic E-state index is 11.4. The third-order valence-corrected chi connectivity index (χ3v) is 3.26. The number of hydrogen-bond donors (Lipinski definition) is 1. The standard InChI is InChI=1S/C17H19NO3/c1-10(2)13-6-5-7-14(9-13)21-15-8-11(3)18-12(4)16(15)17(19)20/h5-10H,1-4H3,(H,19,20). The number of carbonyl (C=O) groups is 1. The van der Waals surface area contributed by atoms with E-state index in [-0.39, 0.29) is 5.56 Å². The summed E-state index contributed by atoms with van der Waals surface area (Å²) in [6, 6.07) is 9.34. The van der Waals surface area contributed by atoms with E-state index in [1.54, 1.807) is 13.0 Å². The number of aromatic nitrogens is 1. The lowest BCUT2D eigenvalue weighted by atomic mass is 10.0. The Morgan fingerprint density at radius 3 is 2.57 bits per heavy atom. The maximum Gasteiger partial charge on any atom is 0.341 e. The summed E-state index contributed by atoms with van der Waals surface area (Å²) in [5, 5.41) is 9.34. The molecule has 1 N–H and O–H groups in total. The molecule has 0 saturated carbocycles. The normalized spacial score (nSPS) is 10.7. The van der Waals surface area contributed by atoms with Gasteiger partial charge in [0.15, 0.2) is 0 Å². The minimum Gasteiger partial charge on any atom is -0.477 e. The molecule has 0 fully saturated rings. The first-order valence-electron chi connectivity index (χ1n) is 6.88. The van der Waals surface area contributed by atoms with Crippen LogP contribution in [0.5, 0.6) is 11.5 Å². The molecule has 2 rings (SSSR count). The quantitative estimate of drug-likeness (QED) is 0.909. The van der Waals surface area contributed by atoms with Crippen molar-refractivity contribution in [1.82, 2.24) is 4.98 Å². The summed E-state index contributed by atoms with van der Waals surface area (Å²) in [4.78, 5) is 15.6. The Bertz CT molecular complexity index is 678. The van der Waals surface area contributed by atoms with Crippen LogP contribution in [0.15, 0.2) is 30.3 Å². The fourth-order valence-electron chi connectivity index (χ4n) is 2.20. The maximum absolute atomic E-state index is 11.4. The molecule has 0 atom stereocenters. The van der Waals surface area contributed by atoms with Crippen LogP contribution in [0.25, 0.3) is 0 Å². The molecule has 1 aromatic carbocycles. The monoisotopic (exact) mass is 285 g/mol. The highest BCUT2D eigenvalue weighted by atomic mass is 16.5. The fourth-order valence-corrected chi connectivity index (χ4v) is 2.20. The highest BCUT2D eigenvalue weighted by Crippen LogP contribution is 2.29. The van der Waals surface area contributed by atoms with Crippen LogP contribution in [0.1, 0.15) is 47.1 Å². The van der Waals surface area contributed by atoms with Crippen LogP contribution in [0.4, 0.5) is 0 Å². The lowest BCUT2D eigenvalue weighted by Crippen LogP contribution is -2.06. The third-order valence-electron chi connectivity index (χ3n) is 3.26. The van der Waals surface area contributed by atoms with Gasteiger partial charge in [0, 0.05) is 11.8 Å². The molecule has 1 heterocycles. The van der Waals surface area contributed by atoms with Gasteiger partial charge < -0.3 is 9.84 Å². The van der Waals surface area contributed by atoms with Crippen molar-refractivity contribution >= 4 is 5.97 Å². The van der Waals surface area contributed by atoms with E-state index in [9.17, 15) is 9.90 Å². The van der Waals surface area contributed by atoms with E-state index in [0.29, 0.717) is 23.1 Å². The van der Waals surface area contributed by atoms with Gasteiger partial charge in [0.2, 0.25) is 0 Å². The second-order valence-corrected chi connectivity index (χ2v) is 5.36. The molecule has 0 saturated heterocycles. The van der Waals surface area contributed by atoms with Gasteiger partial charge in [0.05, 0.1) is 5.69 Å². The van der Waals surface area contributed by atoms with Gasteiger partial charge in [-0.1, -0.05) is 26.0 Å². The summed E-state index contributed by atoms with van der Waals surface area (Å²) >= 11 is 0. The number of rotatable bonds is 4. The molecule has 110 valence electrons. The van der Waals surface area contributed by atoms with E-state index in [1.165, 1.54) is 0 Å². The molecule has 21 heavy (non-hydrogen) atoms. The van der Waals surface area contributed by atoms with E-state index < -0.39 is 5.97 Å². The van der Waals surface area contributed by atoms with Crippen molar-refractivity contribution in [2.45, 2.75) is 33.6 Å². The van der Waals surface area contributed by atoms with E-state index in [1.807, 2.05) is 31.2 Å². The molecule has 1 aromatic heterocycles. The van der Waals surface area contributed by atoms with E-state index in [2.05, 4.69) is 18.8 Å². The van der Waals surface area contributed by atoms with Gasteiger partial charge in [-0.25, -0.2) is 4.79 Å². The number of hydrogen-bond acceptors (Lipinski definition) is 3. The summed E-state index contributed by atoms with van der Waals surface area (Å²) in [7, 11) is 0. The van der Waals surface area contributed by atoms with Gasteiger partial charge in [-0.3, -0.25) is 4.98 Å². The predicted octanol–water partition coefficient (Wildman–Crippen LogP) is 4.31. The molecule has 2 aromatic rings. The first-order chi connectivity index (χ1) is 9.88. The third kappa shape index (κ3) is 3.40. The Kier molecular flexibility index (Phi) is 4.26. The largest absolute Gasteiger partial charge is 0.477 e. The highest BCUT2D eigenvalue weighted by molar-refractivity contribution is 5.92. The highest BCUT2D eigenvalue weighted by Gasteiger charge is 2.17. The van der Waals surface area contributed by atoms with Crippen LogP contribution < -0.4 is 4.74 Å². The zero-order chi connectivity index (χ0) is 15.6. The van der Waals surface area contributed by atoms with Crippen molar-refractivity contribution in [3.05, 3.63) is 52.8 Å². The molecule has 0 amide bonds. The number of benzene rings is 1. The molecule has 4 nitrogen and oxygen atoms in total. The van der Waals surface area contributed by atoms with Crippen molar-refractivity contribution < 1.29 is 14.6 Å². The minimum absolute atomic E-state index is 0.107. The summed E-state index contributed by atoms with van der Waals surface area (Å²) < 4.78 is 5.80. The van der Waals surface area contributed by atoms with Gasteiger partial charge in [-0.15, -0.1) is 0 Å². The van der Waals surface area contributed by atoms with Crippen LogP contribution >= 0.6 is 0 Å². The lowest BCUT2D eigenvalue weighted by Gasteiger charge is -2.13. The Morgan fingerprint density at radius 2 is 1.95 bits per heavy atom. The van der Waals surface area contributed by atoms with Crippen LogP contribution in [-0.4, -0.2) is 16.1 Å². The average molecular weight is 285 g/mol. The molecular weight excluding hydrogens is 266 g/mol. The minimum atomic E-state index is -1.03. The average Bonchev–Trinajstić information content (AvgIpc) is 2.37. The first kappa shape index (κ1) is 15.0. The molecule has 0 bridgehead atoms. The van der Waals surface area contributed by atoms with Crippen molar-refractivity contribution in [1.29, 1.82) is 0 Å². The zero-order valence-corrected chi connectivity index (χ0v) is 12.7. The van der Waals surface area contributed by atoms with Gasteiger partial charge in [0.1, 0.15) is 17.1 Å². The lowest BCUT2D eigenvalue weighted by molar-refractivity contribution is 0.0693. The second-order valence-electron chi connectivity index (χ2n) is 5.36. The molecule has 0 aliphatic carbocycles. The van der Waals surface area contributed by atoms with E-state index in [4.69, 9.17) is 4.74 Å². The van der Waals surface area contributed by atoms with Crippen molar-refractivity contribution in [2.24, 2.45) is 0 Å². The molecule has 0 unspecified atom stereocenters. The number of pyridine rings is 1. The number of carboxylic acid groups (broad SMARTS) is 1. The smallest absolute Gasteiger partial charge is 0.341 e. The number of ether oxygens (including phenoxy) is 1. The number of carboxylic acids is 1. The molecule has 0 spiro atoms. The summed E-state index contributed by atoms with van der Waals surface area (Å²) in [5.74, 6) is 0.311. The van der Waals surface area contributed by atoms with E-state index >= 15 is 0 Å². The molecule has 0 aliphatic rings. The first-order valence-corrected chi connectivity index (χ1v) is 6.88. The Labute approximate surface area is 124 Å². The van der Waals surface area contributed by atoms with Gasteiger partial charge >= 0.3 is 5.97 Å². The van der Waals surface area contributed by atoms with Crippen molar-refractivity contribution in [2.75, 3.05) is 0 Å². The Morgan fingerprint density at radius 1 is 1.24 bits per heavy atom. The van der Waals surface area contributed by atoms with Gasteiger partial charge in [0.25, 0.3) is 0 Å². The van der Waals surface area contributed by atoms with Crippen LogP contribution in [0, 0.1) is 13.8 Å². The number of aromatic carboxylic acids is 1. The summed E-state index contributed by atoms with van der Waals surface area (Å²) in [6.07, 6.45) is 0. The molecule has 0 aliphatic heterocycles. The van der Waals surface area contributed by atoms with Crippen LogP contribution in [0.2, 0.25) is 0 Å².